The van der Waals surface area contributed by atoms with Gasteiger partial charge in [-0.3, -0.25) is 14.4 Å². The van der Waals surface area contributed by atoms with Crippen LogP contribution in [0.3, 0.4) is 0 Å². The molecule has 9 heteroatoms. The Kier molecular flexibility index (Phi) is 60.7. The van der Waals surface area contributed by atoms with Gasteiger partial charge in [-0.1, -0.05) is 252 Å². The lowest BCUT2D eigenvalue weighted by Gasteiger charge is -2.26. The van der Waals surface area contributed by atoms with Crippen molar-refractivity contribution in [1.29, 1.82) is 0 Å². The molecule has 0 aliphatic heterocycles. The molecule has 0 aromatic rings. The van der Waals surface area contributed by atoms with Crippen molar-refractivity contribution in [3.05, 3.63) is 0 Å². The van der Waals surface area contributed by atoms with Gasteiger partial charge in [-0.25, -0.2) is 0 Å². The molecule has 74 heavy (non-hydrogen) atoms. The molecule has 0 bridgehead atoms. The molecule has 1 N–H and O–H groups in total. The van der Waals surface area contributed by atoms with E-state index >= 15 is 0 Å². The lowest BCUT2D eigenvalue weighted by atomic mass is 10.1. The van der Waals surface area contributed by atoms with Crippen molar-refractivity contribution < 1.29 is 33.7 Å². The van der Waals surface area contributed by atoms with Crippen LogP contribution in [0.25, 0.3) is 0 Å². The molecule has 0 heterocycles. The number of carbonyl (C=O) groups excluding carboxylic acids is 3. The van der Waals surface area contributed by atoms with Crippen LogP contribution in [0.15, 0.2) is 0 Å². The Hall–Kier alpha value is -1.71. The molecular weight excluding hydrogens is 921 g/mol. The number of rotatable bonds is 63. The fourth-order valence-electron chi connectivity index (χ4n) is 10.3. The van der Waals surface area contributed by atoms with Gasteiger partial charge in [0, 0.05) is 25.8 Å². The van der Waals surface area contributed by atoms with Crippen molar-refractivity contribution in [2.75, 3.05) is 65.7 Å². The Balaban J connectivity index is 4.43. The quantitative estimate of drug-likeness (QED) is 0.0362. The van der Waals surface area contributed by atoms with E-state index in [0.29, 0.717) is 39.1 Å². The van der Waals surface area contributed by atoms with E-state index in [1.54, 1.807) is 0 Å². The van der Waals surface area contributed by atoms with Gasteiger partial charge in [0.15, 0.2) is 0 Å². The summed E-state index contributed by atoms with van der Waals surface area (Å²) in [7, 11) is 0. The van der Waals surface area contributed by atoms with Gasteiger partial charge in [0.25, 0.3) is 0 Å². The molecule has 0 aromatic carbocycles. The van der Waals surface area contributed by atoms with Gasteiger partial charge in [-0.2, -0.15) is 0 Å². The molecule has 0 radical (unpaired) electrons. The second-order valence-corrected chi connectivity index (χ2v) is 22.5. The van der Waals surface area contributed by atoms with E-state index < -0.39 is 0 Å². The standard InChI is InChI=1S/C65H128N2O7/c1-4-7-10-13-16-19-22-25-37-46-60-72-63(69)50-40-31-28-34-43-53-66(54-44-35-29-32-41-51-64(70)73-61-47-38-26-23-20-17-14-11-8-5-2)56-49-57-67(58-59-68)55-45-36-30-33-42-52-65(71)74-62-48-39-27-24-21-18-15-12-9-6-3/h68H,4-62H2,1-3H3. The molecule has 440 valence electrons. The van der Waals surface area contributed by atoms with Crippen LogP contribution in [-0.4, -0.2) is 98.5 Å². The summed E-state index contributed by atoms with van der Waals surface area (Å²) in [5, 5.41) is 9.86. The van der Waals surface area contributed by atoms with Crippen LogP contribution in [0, 0.1) is 0 Å². The molecule has 9 nitrogen and oxygen atoms in total. The van der Waals surface area contributed by atoms with E-state index in [-0.39, 0.29) is 24.5 Å². The van der Waals surface area contributed by atoms with Crippen molar-refractivity contribution in [2.45, 2.75) is 335 Å². The minimum atomic E-state index is -0.0312. The van der Waals surface area contributed by atoms with Crippen LogP contribution in [-0.2, 0) is 28.6 Å². The summed E-state index contributed by atoms with van der Waals surface area (Å²) in [4.78, 5) is 42.0. The van der Waals surface area contributed by atoms with Crippen molar-refractivity contribution in [2.24, 2.45) is 0 Å². The van der Waals surface area contributed by atoms with Gasteiger partial charge in [0.2, 0.25) is 0 Å². The van der Waals surface area contributed by atoms with Crippen LogP contribution >= 0.6 is 0 Å². The third-order valence-electron chi connectivity index (χ3n) is 15.2. The molecule has 0 atom stereocenters. The van der Waals surface area contributed by atoms with E-state index in [4.69, 9.17) is 14.2 Å². The molecule has 0 spiro atoms. The first-order chi connectivity index (χ1) is 36.5. The molecule has 0 amide bonds. The molecule has 0 aliphatic rings. The smallest absolute Gasteiger partial charge is 0.305 e. The highest BCUT2D eigenvalue weighted by Gasteiger charge is 2.11. The number of hydrogen-bond donors (Lipinski definition) is 1. The predicted octanol–water partition coefficient (Wildman–Crippen LogP) is 18.4. The van der Waals surface area contributed by atoms with E-state index in [2.05, 4.69) is 30.6 Å². The monoisotopic (exact) mass is 1050 g/mol. The van der Waals surface area contributed by atoms with Crippen LogP contribution in [0.1, 0.15) is 335 Å². The molecule has 0 aliphatic carbocycles. The molecular formula is C65H128N2O7. The summed E-state index contributed by atoms with van der Waals surface area (Å²) in [6, 6.07) is 0. The summed E-state index contributed by atoms with van der Waals surface area (Å²) in [6.45, 7) is 14.8. The van der Waals surface area contributed by atoms with Gasteiger partial charge in [-0.05, 0) is 96.9 Å². The minimum Gasteiger partial charge on any atom is -0.466 e. The van der Waals surface area contributed by atoms with E-state index in [0.717, 1.165) is 142 Å². The zero-order valence-corrected chi connectivity index (χ0v) is 50.0. The molecule has 0 aromatic heterocycles. The van der Waals surface area contributed by atoms with Gasteiger partial charge in [0.1, 0.15) is 0 Å². The zero-order valence-electron chi connectivity index (χ0n) is 50.0. The summed E-state index contributed by atoms with van der Waals surface area (Å²) < 4.78 is 16.6. The van der Waals surface area contributed by atoms with E-state index in [9.17, 15) is 19.5 Å². The largest absolute Gasteiger partial charge is 0.466 e. The fraction of sp³-hybridized carbons (Fsp3) is 0.954. The average molecular weight is 1050 g/mol. The zero-order chi connectivity index (χ0) is 53.7. The lowest BCUT2D eigenvalue weighted by molar-refractivity contribution is -0.144. The van der Waals surface area contributed by atoms with Crippen molar-refractivity contribution in [3.8, 4) is 0 Å². The molecule has 0 rings (SSSR count). The van der Waals surface area contributed by atoms with Crippen molar-refractivity contribution >= 4 is 17.9 Å². The Morgan fingerprint density at radius 2 is 0.459 bits per heavy atom. The number of aliphatic hydroxyl groups is 1. The van der Waals surface area contributed by atoms with Gasteiger partial charge in [0.05, 0.1) is 26.4 Å². The first-order valence-corrected chi connectivity index (χ1v) is 33.0. The lowest BCUT2D eigenvalue weighted by Crippen LogP contribution is -2.33. The molecule has 0 saturated heterocycles. The van der Waals surface area contributed by atoms with Crippen LogP contribution in [0.5, 0.6) is 0 Å². The first-order valence-electron chi connectivity index (χ1n) is 33.0. The third-order valence-corrected chi connectivity index (χ3v) is 15.2. The average Bonchev–Trinajstić information content (AvgIpc) is 3.39. The molecule has 0 fully saturated rings. The Bertz CT molecular complexity index is 1090. The number of esters is 3. The van der Waals surface area contributed by atoms with Crippen molar-refractivity contribution in [1.82, 2.24) is 9.80 Å². The fourth-order valence-corrected chi connectivity index (χ4v) is 10.3. The second-order valence-electron chi connectivity index (χ2n) is 22.5. The number of carbonyl (C=O) groups is 3. The SMILES string of the molecule is CCCCCCCCCCCCOC(=O)CCCCCCCN(CCO)CCCN(CCCCCCCC(=O)OCCCCCCCCCCCC)CCCCCCCC(=O)OCCCCCCCCCCCC. The highest BCUT2D eigenvalue weighted by molar-refractivity contribution is 5.69. The second kappa shape index (κ2) is 62.1. The summed E-state index contributed by atoms with van der Waals surface area (Å²) >= 11 is 0. The number of unbranched alkanes of at least 4 members (excludes halogenated alkanes) is 39. The highest BCUT2D eigenvalue weighted by atomic mass is 16.5. The van der Waals surface area contributed by atoms with Gasteiger partial charge >= 0.3 is 17.9 Å². The van der Waals surface area contributed by atoms with Gasteiger partial charge in [-0.15, -0.1) is 0 Å². The normalized spacial score (nSPS) is 11.6. The van der Waals surface area contributed by atoms with Crippen LogP contribution in [0.2, 0.25) is 0 Å². The first kappa shape index (κ1) is 72.3. The number of nitrogens with zero attached hydrogens (tertiary/aromatic N) is 2. The predicted molar refractivity (Wildman–Crippen MR) is 316 cm³/mol. The van der Waals surface area contributed by atoms with E-state index in [1.807, 2.05) is 0 Å². The van der Waals surface area contributed by atoms with Crippen LogP contribution < -0.4 is 0 Å². The molecule has 0 unspecified atom stereocenters. The Labute approximate surface area is 460 Å². The Morgan fingerprint density at radius 3 is 0.716 bits per heavy atom. The number of hydrogen-bond acceptors (Lipinski definition) is 9. The number of ether oxygens (including phenoxy) is 3. The summed E-state index contributed by atoms with van der Waals surface area (Å²) in [5.74, 6) is -0.0765. The van der Waals surface area contributed by atoms with Crippen LogP contribution in [0.4, 0.5) is 0 Å². The van der Waals surface area contributed by atoms with Crippen molar-refractivity contribution in [3.63, 3.8) is 0 Å². The highest BCUT2D eigenvalue weighted by Crippen LogP contribution is 2.16. The topological polar surface area (TPSA) is 106 Å². The summed E-state index contributed by atoms with van der Waals surface area (Å²) in [6.07, 6.45) is 57.9. The van der Waals surface area contributed by atoms with E-state index in [1.165, 1.54) is 193 Å². The maximum atomic E-state index is 12.3. The third kappa shape index (κ3) is 58.0. The summed E-state index contributed by atoms with van der Waals surface area (Å²) in [5.41, 5.74) is 0. The maximum absolute atomic E-state index is 12.3. The number of aliphatic hydroxyl groups excluding tert-OH is 1. The maximum Gasteiger partial charge on any atom is 0.305 e. The molecule has 0 saturated carbocycles. The van der Waals surface area contributed by atoms with Gasteiger partial charge < -0.3 is 29.1 Å². The Morgan fingerprint density at radius 1 is 0.257 bits per heavy atom. The minimum absolute atomic E-state index is 0.0227.